The van der Waals surface area contributed by atoms with E-state index in [9.17, 15) is 9.18 Å². The second-order valence-corrected chi connectivity index (χ2v) is 4.62. The summed E-state index contributed by atoms with van der Waals surface area (Å²) in [6.07, 6.45) is 4.05. The highest BCUT2D eigenvalue weighted by molar-refractivity contribution is 5.81. The quantitative estimate of drug-likeness (QED) is 0.861. The van der Waals surface area contributed by atoms with Gasteiger partial charge >= 0.3 is 0 Å². The van der Waals surface area contributed by atoms with Gasteiger partial charge in [-0.1, -0.05) is 0 Å². The highest BCUT2D eigenvalue weighted by Gasteiger charge is 2.13. The SMILES string of the molecule is COc1c(F)ccn2ccc(CCNC(=O)[C@H](C)N)c12. The third-order valence-corrected chi connectivity index (χ3v) is 3.12. The van der Waals surface area contributed by atoms with Crippen LogP contribution in [0.5, 0.6) is 5.75 Å². The van der Waals surface area contributed by atoms with Gasteiger partial charge in [-0.3, -0.25) is 4.79 Å². The van der Waals surface area contributed by atoms with E-state index in [-0.39, 0.29) is 11.7 Å². The molecule has 2 heterocycles. The maximum atomic E-state index is 13.7. The van der Waals surface area contributed by atoms with E-state index in [1.54, 1.807) is 17.5 Å². The lowest BCUT2D eigenvalue weighted by Gasteiger charge is -2.09. The highest BCUT2D eigenvalue weighted by atomic mass is 19.1. The number of aromatic nitrogens is 1. The van der Waals surface area contributed by atoms with E-state index in [0.717, 1.165) is 5.56 Å². The number of amides is 1. The van der Waals surface area contributed by atoms with Crippen molar-refractivity contribution in [1.82, 2.24) is 9.72 Å². The second-order valence-electron chi connectivity index (χ2n) is 4.62. The first-order valence-electron chi connectivity index (χ1n) is 6.40. The van der Waals surface area contributed by atoms with E-state index < -0.39 is 11.9 Å². The number of nitrogens with one attached hydrogen (secondary N) is 1. The number of ether oxygens (including phenoxy) is 1. The molecule has 3 N–H and O–H groups in total. The highest BCUT2D eigenvalue weighted by Crippen LogP contribution is 2.27. The number of nitrogens with two attached hydrogens (primary N) is 1. The van der Waals surface area contributed by atoms with Crippen molar-refractivity contribution in [2.45, 2.75) is 19.4 Å². The molecular formula is C14H18FN3O2. The van der Waals surface area contributed by atoms with Crippen molar-refractivity contribution in [3.05, 3.63) is 35.9 Å². The van der Waals surface area contributed by atoms with E-state index >= 15 is 0 Å². The first kappa shape index (κ1) is 14.3. The summed E-state index contributed by atoms with van der Waals surface area (Å²) in [6.45, 7) is 2.07. The second kappa shape index (κ2) is 5.92. The molecule has 108 valence electrons. The van der Waals surface area contributed by atoms with E-state index in [2.05, 4.69) is 5.32 Å². The van der Waals surface area contributed by atoms with Crippen LogP contribution in [-0.4, -0.2) is 30.0 Å². The van der Waals surface area contributed by atoms with Crippen LogP contribution in [0, 0.1) is 5.82 Å². The zero-order valence-electron chi connectivity index (χ0n) is 11.5. The van der Waals surface area contributed by atoms with Crippen molar-refractivity contribution >= 4 is 11.4 Å². The van der Waals surface area contributed by atoms with Crippen LogP contribution >= 0.6 is 0 Å². The fourth-order valence-electron chi connectivity index (χ4n) is 2.09. The molecule has 2 aromatic rings. The maximum Gasteiger partial charge on any atom is 0.236 e. The van der Waals surface area contributed by atoms with Crippen molar-refractivity contribution in [1.29, 1.82) is 0 Å². The standard InChI is InChI=1S/C14H18FN3O2/c1-9(16)14(19)17-6-3-10-4-7-18-8-5-11(15)13(20-2)12(10)18/h4-5,7-9H,3,6,16H2,1-2H3,(H,17,19)/t9-/m0/s1. The predicted molar refractivity (Wildman–Crippen MR) is 74.3 cm³/mol. The van der Waals surface area contributed by atoms with Crippen LogP contribution in [-0.2, 0) is 11.2 Å². The van der Waals surface area contributed by atoms with E-state index in [1.165, 1.54) is 13.2 Å². The number of hydrogen-bond acceptors (Lipinski definition) is 3. The zero-order valence-corrected chi connectivity index (χ0v) is 11.5. The van der Waals surface area contributed by atoms with Crippen molar-refractivity contribution in [3.63, 3.8) is 0 Å². The number of pyridine rings is 1. The number of fused-ring (bicyclic) bond motifs is 1. The van der Waals surface area contributed by atoms with Gasteiger partial charge in [-0.25, -0.2) is 4.39 Å². The lowest BCUT2D eigenvalue weighted by atomic mass is 10.1. The molecule has 5 nitrogen and oxygen atoms in total. The van der Waals surface area contributed by atoms with E-state index in [4.69, 9.17) is 10.5 Å². The summed E-state index contributed by atoms with van der Waals surface area (Å²) in [5, 5.41) is 2.73. The van der Waals surface area contributed by atoms with Crippen molar-refractivity contribution in [2.24, 2.45) is 5.73 Å². The molecule has 0 aromatic carbocycles. The molecular weight excluding hydrogens is 261 g/mol. The Labute approximate surface area is 116 Å². The van der Waals surface area contributed by atoms with Crippen LogP contribution in [0.2, 0.25) is 0 Å². The van der Waals surface area contributed by atoms with Gasteiger partial charge in [0.1, 0.15) is 0 Å². The Kier molecular flexibility index (Phi) is 4.24. The Morgan fingerprint density at radius 1 is 1.50 bits per heavy atom. The normalized spacial score (nSPS) is 12.4. The predicted octanol–water partition coefficient (Wildman–Crippen LogP) is 1.09. The number of halogens is 1. The lowest BCUT2D eigenvalue weighted by Crippen LogP contribution is -2.39. The van der Waals surface area contributed by atoms with E-state index in [0.29, 0.717) is 18.5 Å². The zero-order chi connectivity index (χ0) is 14.7. The molecule has 0 saturated carbocycles. The van der Waals surface area contributed by atoms with Crippen LogP contribution in [0.25, 0.3) is 5.52 Å². The minimum atomic E-state index is -0.534. The summed E-state index contributed by atoms with van der Waals surface area (Å²) in [6, 6.07) is 2.70. The van der Waals surface area contributed by atoms with Gasteiger partial charge < -0.3 is 20.2 Å². The molecule has 1 amide bonds. The van der Waals surface area contributed by atoms with Gasteiger partial charge in [0.25, 0.3) is 0 Å². The van der Waals surface area contributed by atoms with Crippen LogP contribution in [0.15, 0.2) is 24.5 Å². The molecule has 0 saturated heterocycles. The van der Waals surface area contributed by atoms with Gasteiger partial charge in [0.15, 0.2) is 11.6 Å². The molecule has 0 radical (unpaired) electrons. The first-order chi connectivity index (χ1) is 9.54. The monoisotopic (exact) mass is 279 g/mol. The van der Waals surface area contributed by atoms with Crippen LogP contribution < -0.4 is 15.8 Å². The minimum Gasteiger partial charge on any atom is -0.492 e. The lowest BCUT2D eigenvalue weighted by molar-refractivity contribution is -0.121. The summed E-state index contributed by atoms with van der Waals surface area (Å²) < 4.78 is 20.6. The van der Waals surface area contributed by atoms with Gasteiger partial charge in [0.2, 0.25) is 5.91 Å². The Morgan fingerprint density at radius 3 is 2.85 bits per heavy atom. The number of methoxy groups -OCH3 is 1. The first-order valence-corrected chi connectivity index (χ1v) is 6.40. The van der Waals surface area contributed by atoms with Gasteiger partial charge in [-0.15, -0.1) is 0 Å². The average Bonchev–Trinajstić information content (AvgIpc) is 2.82. The number of carbonyl (C=O) groups is 1. The molecule has 0 aliphatic carbocycles. The molecule has 0 spiro atoms. The van der Waals surface area contributed by atoms with Gasteiger partial charge in [-0.2, -0.15) is 0 Å². The van der Waals surface area contributed by atoms with E-state index in [1.807, 2.05) is 12.3 Å². The summed E-state index contributed by atoms with van der Waals surface area (Å²) in [4.78, 5) is 11.4. The molecule has 20 heavy (non-hydrogen) atoms. The van der Waals surface area contributed by atoms with Crippen molar-refractivity contribution < 1.29 is 13.9 Å². The third kappa shape index (κ3) is 2.75. The third-order valence-electron chi connectivity index (χ3n) is 3.12. The van der Waals surface area contributed by atoms with Crippen molar-refractivity contribution in [3.8, 4) is 5.75 Å². The molecule has 0 bridgehead atoms. The molecule has 0 unspecified atom stereocenters. The van der Waals surface area contributed by atoms with Crippen molar-refractivity contribution in [2.75, 3.05) is 13.7 Å². The average molecular weight is 279 g/mol. The minimum absolute atomic E-state index is 0.202. The number of nitrogens with zero attached hydrogens (tertiary/aromatic N) is 1. The Hall–Kier alpha value is -2.08. The maximum absolute atomic E-state index is 13.7. The van der Waals surface area contributed by atoms with Gasteiger partial charge in [0.05, 0.1) is 18.7 Å². The Bertz CT molecular complexity index is 622. The molecule has 0 aliphatic heterocycles. The van der Waals surface area contributed by atoms with Crippen LogP contribution in [0.1, 0.15) is 12.5 Å². The fourth-order valence-corrected chi connectivity index (χ4v) is 2.09. The summed E-state index contributed by atoms with van der Waals surface area (Å²) >= 11 is 0. The van der Waals surface area contributed by atoms with Crippen LogP contribution in [0.3, 0.4) is 0 Å². The molecule has 0 fully saturated rings. The summed E-state index contributed by atoms with van der Waals surface area (Å²) in [5.41, 5.74) is 7.06. The molecule has 6 heteroatoms. The summed E-state index contributed by atoms with van der Waals surface area (Å²) in [5.74, 6) is -0.391. The number of carbonyl (C=O) groups excluding carboxylic acids is 1. The number of rotatable bonds is 5. The fraction of sp³-hybridized carbons (Fsp3) is 0.357. The Morgan fingerprint density at radius 2 is 2.20 bits per heavy atom. The van der Waals surface area contributed by atoms with Crippen LogP contribution in [0.4, 0.5) is 4.39 Å². The largest absolute Gasteiger partial charge is 0.492 e. The smallest absolute Gasteiger partial charge is 0.236 e. The topological polar surface area (TPSA) is 68.8 Å². The molecule has 1 atom stereocenters. The number of hydrogen-bond donors (Lipinski definition) is 2. The molecule has 2 rings (SSSR count). The molecule has 0 aliphatic rings. The van der Waals surface area contributed by atoms with Gasteiger partial charge in [-0.05, 0) is 31.0 Å². The van der Waals surface area contributed by atoms with Gasteiger partial charge in [0, 0.05) is 18.9 Å². The summed E-state index contributed by atoms with van der Waals surface area (Å²) in [7, 11) is 1.44. The molecule has 2 aromatic heterocycles. The Balaban J connectivity index is 2.18.